The zero-order valence-electron chi connectivity index (χ0n) is 7.58. The maximum Gasteiger partial charge on any atom is 0.336 e. The first-order chi connectivity index (χ1) is 7.06. The molecule has 15 heavy (non-hydrogen) atoms. The summed E-state index contributed by atoms with van der Waals surface area (Å²) in [5, 5.41) is 8.85. The number of alkyl halides is 1. The minimum atomic E-state index is -1.02. The lowest BCUT2D eigenvalue weighted by molar-refractivity contribution is 0.0696. The Balaban J connectivity index is 3.21. The monoisotopic (exact) mass is 290 g/mol. The molecule has 0 fully saturated rings. The maximum atomic E-state index is 10.8. The third-order valence-electron chi connectivity index (χ3n) is 1.61. The minimum Gasteiger partial charge on any atom is -0.478 e. The van der Waals surface area contributed by atoms with Gasteiger partial charge in [0.1, 0.15) is 5.84 Å². The second-order valence-corrected chi connectivity index (χ2v) is 3.74. The van der Waals surface area contributed by atoms with Crippen molar-refractivity contribution in [3.8, 4) is 0 Å². The van der Waals surface area contributed by atoms with Gasteiger partial charge in [-0.3, -0.25) is 0 Å². The predicted octanol–water partition coefficient (Wildman–Crippen LogP) is 2.37. The molecule has 1 aromatic rings. The molecule has 0 spiro atoms. The number of amidine groups is 1. The molecular formula is C9H8BrClN2O2. The van der Waals surface area contributed by atoms with E-state index in [1.54, 1.807) is 12.1 Å². The van der Waals surface area contributed by atoms with E-state index in [9.17, 15) is 4.79 Å². The molecule has 1 aromatic carbocycles. The number of nitrogens with zero attached hydrogens (tertiary/aromatic N) is 1. The summed E-state index contributed by atoms with van der Waals surface area (Å²) >= 11 is 8.62. The minimum absolute atomic E-state index is 0.101. The number of nitrogens with two attached hydrogens (primary N) is 1. The van der Waals surface area contributed by atoms with Crippen LogP contribution in [0.25, 0.3) is 0 Å². The molecule has 6 heteroatoms. The molecule has 0 aromatic heterocycles. The summed E-state index contributed by atoms with van der Waals surface area (Å²) in [6.45, 7) is 0. The summed E-state index contributed by atoms with van der Waals surface area (Å²) in [4.78, 5) is 14.8. The van der Waals surface area contributed by atoms with Gasteiger partial charge in [0, 0.05) is 0 Å². The number of benzene rings is 1. The summed E-state index contributed by atoms with van der Waals surface area (Å²) in [5.74, 6) is -0.688. The van der Waals surface area contributed by atoms with Gasteiger partial charge in [-0.1, -0.05) is 6.07 Å². The van der Waals surface area contributed by atoms with Crippen molar-refractivity contribution >= 4 is 45.0 Å². The van der Waals surface area contributed by atoms with Crippen LogP contribution in [0, 0.1) is 0 Å². The van der Waals surface area contributed by atoms with Crippen molar-refractivity contribution in [2.24, 2.45) is 10.7 Å². The van der Waals surface area contributed by atoms with E-state index in [0.717, 1.165) is 0 Å². The molecule has 1 rings (SSSR count). The van der Waals surface area contributed by atoms with Gasteiger partial charge in [-0.05, 0) is 28.1 Å². The number of hydrogen-bond acceptors (Lipinski definition) is 2. The summed E-state index contributed by atoms with van der Waals surface area (Å²) in [7, 11) is 0. The van der Waals surface area contributed by atoms with Crippen LogP contribution < -0.4 is 5.73 Å². The Morgan fingerprint density at radius 3 is 2.80 bits per heavy atom. The number of rotatable bonds is 3. The third-order valence-corrected chi connectivity index (χ3v) is 2.72. The van der Waals surface area contributed by atoms with Crippen LogP contribution in [0.5, 0.6) is 0 Å². The van der Waals surface area contributed by atoms with E-state index in [4.69, 9.17) is 22.4 Å². The van der Waals surface area contributed by atoms with Gasteiger partial charge < -0.3 is 10.8 Å². The fourth-order valence-electron chi connectivity index (χ4n) is 0.956. The topological polar surface area (TPSA) is 75.7 Å². The second-order valence-electron chi connectivity index (χ2n) is 2.68. The number of carboxylic acids is 1. The summed E-state index contributed by atoms with van der Waals surface area (Å²) in [5.41, 5.74) is 6.04. The summed E-state index contributed by atoms with van der Waals surface area (Å²) in [6, 6.07) is 4.72. The van der Waals surface area contributed by atoms with Crippen molar-refractivity contribution in [1.29, 1.82) is 0 Å². The van der Waals surface area contributed by atoms with Crippen LogP contribution in [0.1, 0.15) is 10.4 Å². The van der Waals surface area contributed by atoms with E-state index in [0.29, 0.717) is 10.2 Å². The Morgan fingerprint density at radius 2 is 2.27 bits per heavy atom. The largest absolute Gasteiger partial charge is 0.478 e. The first-order valence-corrected chi connectivity index (χ1v) is 5.29. The van der Waals surface area contributed by atoms with Gasteiger partial charge in [0.15, 0.2) is 0 Å². The molecule has 0 saturated carbocycles. The zero-order valence-corrected chi connectivity index (χ0v) is 9.92. The number of carbonyl (C=O) groups is 1. The molecule has 0 aliphatic rings. The maximum absolute atomic E-state index is 10.8. The smallest absolute Gasteiger partial charge is 0.336 e. The molecule has 4 nitrogen and oxygen atoms in total. The molecule has 0 unspecified atom stereocenters. The Kier molecular flexibility index (Phi) is 4.11. The lowest BCUT2D eigenvalue weighted by Gasteiger charge is -2.03. The Morgan fingerprint density at radius 1 is 1.60 bits per heavy atom. The zero-order chi connectivity index (χ0) is 11.4. The SMILES string of the molecule is NC(CCl)=Nc1cccc(C(=O)O)c1Br. The fraction of sp³-hybridized carbons (Fsp3) is 0.111. The van der Waals surface area contributed by atoms with Gasteiger partial charge in [-0.2, -0.15) is 0 Å². The number of halogens is 2. The molecular weight excluding hydrogens is 283 g/mol. The Bertz CT molecular complexity index is 421. The first kappa shape index (κ1) is 12.0. The highest BCUT2D eigenvalue weighted by Crippen LogP contribution is 2.28. The fourth-order valence-corrected chi connectivity index (χ4v) is 1.54. The van der Waals surface area contributed by atoms with Crippen molar-refractivity contribution in [1.82, 2.24) is 0 Å². The second kappa shape index (κ2) is 5.14. The van der Waals surface area contributed by atoms with Crippen LogP contribution >= 0.6 is 27.5 Å². The van der Waals surface area contributed by atoms with E-state index in [2.05, 4.69) is 20.9 Å². The molecule has 0 atom stereocenters. The quantitative estimate of drug-likeness (QED) is 0.510. The van der Waals surface area contributed by atoms with Gasteiger partial charge in [0.25, 0.3) is 0 Å². The Hall–Kier alpha value is -1.07. The van der Waals surface area contributed by atoms with Crippen molar-refractivity contribution in [3.05, 3.63) is 28.2 Å². The molecule has 0 saturated heterocycles. The summed E-state index contributed by atoms with van der Waals surface area (Å²) < 4.78 is 0.394. The molecule has 0 amide bonds. The average molecular weight is 292 g/mol. The molecule has 0 aliphatic heterocycles. The van der Waals surface area contributed by atoms with E-state index in [-0.39, 0.29) is 17.3 Å². The molecule has 80 valence electrons. The number of carboxylic acid groups (broad SMARTS) is 1. The molecule has 0 aliphatic carbocycles. The normalized spacial score (nSPS) is 11.5. The molecule has 0 heterocycles. The van der Waals surface area contributed by atoms with E-state index >= 15 is 0 Å². The van der Waals surface area contributed by atoms with Gasteiger partial charge in [0.05, 0.1) is 21.6 Å². The van der Waals surface area contributed by atoms with Crippen LogP contribution in [-0.4, -0.2) is 22.8 Å². The first-order valence-electron chi connectivity index (χ1n) is 3.97. The molecule has 3 N–H and O–H groups in total. The van der Waals surface area contributed by atoms with Crippen LogP contribution in [0.3, 0.4) is 0 Å². The van der Waals surface area contributed by atoms with Gasteiger partial charge in [-0.15, -0.1) is 11.6 Å². The van der Waals surface area contributed by atoms with E-state index in [1.165, 1.54) is 6.07 Å². The van der Waals surface area contributed by atoms with Crippen LogP contribution in [0.2, 0.25) is 0 Å². The number of aromatic carboxylic acids is 1. The van der Waals surface area contributed by atoms with Crippen LogP contribution in [0.15, 0.2) is 27.7 Å². The average Bonchev–Trinajstić information content (AvgIpc) is 2.20. The molecule has 0 bridgehead atoms. The highest BCUT2D eigenvalue weighted by atomic mass is 79.9. The van der Waals surface area contributed by atoms with Gasteiger partial charge in [0.2, 0.25) is 0 Å². The van der Waals surface area contributed by atoms with Crippen molar-refractivity contribution in [3.63, 3.8) is 0 Å². The van der Waals surface area contributed by atoms with E-state index < -0.39 is 5.97 Å². The van der Waals surface area contributed by atoms with Crippen LogP contribution in [0.4, 0.5) is 5.69 Å². The van der Waals surface area contributed by atoms with E-state index in [1.807, 2.05) is 0 Å². The van der Waals surface area contributed by atoms with Crippen molar-refractivity contribution in [2.75, 3.05) is 5.88 Å². The third kappa shape index (κ3) is 2.94. The lowest BCUT2D eigenvalue weighted by atomic mass is 10.2. The lowest BCUT2D eigenvalue weighted by Crippen LogP contribution is -2.12. The van der Waals surface area contributed by atoms with Crippen molar-refractivity contribution in [2.45, 2.75) is 0 Å². The highest BCUT2D eigenvalue weighted by Gasteiger charge is 2.10. The van der Waals surface area contributed by atoms with Gasteiger partial charge in [-0.25, -0.2) is 9.79 Å². The number of aliphatic imine (C=N–C) groups is 1. The highest BCUT2D eigenvalue weighted by molar-refractivity contribution is 9.10. The van der Waals surface area contributed by atoms with Crippen LogP contribution in [-0.2, 0) is 0 Å². The number of hydrogen-bond donors (Lipinski definition) is 2. The Labute approximate surface area is 99.9 Å². The van der Waals surface area contributed by atoms with Crippen molar-refractivity contribution < 1.29 is 9.90 Å². The summed E-state index contributed by atoms with van der Waals surface area (Å²) in [6.07, 6.45) is 0. The van der Waals surface area contributed by atoms with Gasteiger partial charge >= 0.3 is 5.97 Å². The molecule has 0 radical (unpaired) electrons. The standard InChI is InChI=1S/C9H8BrClN2O2/c10-8-5(9(14)15)2-1-3-6(8)13-7(12)4-11/h1-3H,4H2,(H2,12,13)(H,14,15). The predicted molar refractivity (Wildman–Crippen MR) is 63.1 cm³/mol.